The molecule has 0 bridgehead atoms. The highest BCUT2D eigenvalue weighted by molar-refractivity contribution is 5.12. The minimum absolute atomic E-state index is 0.212. The first kappa shape index (κ1) is 11.5. The quantitative estimate of drug-likeness (QED) is 0.838. The highest BCUT2D eigenvalue weighted by Gasteiger charge is 2.32. The third-order valence-corrected chi connectivity index (χ3v) is 3.14. The zero-order chi connectivity index (χ0) is 11.4. The molecular formula is C12H19N3O. The van der Waals surface area contributed by atoms with E-state index in [0.29, 0.717) is 5.92 Å². The van der Waals surface area contributed by atoms with Crippen LogP contribution in [0.4, 0.5) is 0 Å². The molecule has 3 unspecified atom stereocenters. The predicted octanol–water partition coefficient (Wildman–Crippen LogP) is 1.55. The lowest BCUT2D eigenvalue weighted by Crippen LogP contribution is -2.34. The Kier molecular flexibility index (Phi) is 3.85. The smallest absolute Gasteiger partial charge is 0.115 e. The van der Waals surface area contributed by atoms with E-state index < -0.39 is 0 Å². The first-order valence-corrected chi connectivity index (χ1v) is 5.92. The first-order chi connectivity index (χ1) is 7.83. The van der Waals surface area contributed by atoms with E-state index in [1.807, 2.05) is 12.4 Å². The molecule has 0 saturated carbocycles. The fraction of sp³-hybridized carbons (Fsp3) is 0.667. The van der Waals surface area contributed by atoms with Crippen molar-refractivity contribution in [3.05, 3.63) is 24.3 Å². The van der Waals surface area contributed by atoms with Crippen molar-refractivity contribution in [1.29, 1.82) is 0 Å². The normalized spacial score (nSPS) is 26.9. The third-order valence-electron chi connectivity index (χ3n) is 3.14. The molecule has 1 N–H and O–H groups in total. The molecule has 1 saturated heterocycles. The van der Waals surface area contributed by atoms with E-state index >= 15 is 0 Å². The third kappa shape index (κ3) is 2.39. The van der Waals surface area contributed by atoms with E-state index in [-0.39, 0.29) is 12.1 Å². The minimum atomic E-state index is 0.212. The van der Waals surface area contributed by atoms with Crippen molar-refractivity contribution in [2.45, 2.75) is 32.4 Å². The molecule has 0 aromatic carbocycles. The lowest BCUT2D eigenvalue weighted by Gasteiger charge is -2.26. The number of hydrogen-bond donors (Lipinski definition) is 1. The van der Waals surface area contributed by atoms with Gasteiger partial charge in [0.25, 0.3) is 0 Å². The Morgan fingerprint density at radius 3 is 2.81 bits per heavy atom. The highest BCUT2D eigenvalue weighted by Crippen LogP contribution is 2.30. The van der Waals surface area contributed by atoms with Crippen LogP contribution in [0.3, 0.4) is 0 Å². The second-order valence-electron chi connectivity index (χ2n) is 4.31. The fourth-order valence-electron chi connectivity index (χ4n) is 2.26. The second-order valence-corrected chi connectivity index (χ2v) is 4.31. The average Bonchev–Trinajstić information content (AvgIpc) is 2.73. The summed E-state index contributed by atoms with van der Waals surface area (Å²) < 4.78 is 5.82. The van der Waals surface area contributed by atoms with Gasteiger partial charge in [0.05, 0.1) is 12.1 Å². The molecule has 2 heterocycles. The summed E-state index contributed by atoms with van der Waals surface area (Å²) in [7, 11) is 0. The van der Waals surface area contributed by atoms with Gasteiger partial charge in [-0.2, -0.15) is 0 Å². The number of rotatable bonds is 4. The highest BCUT2D eigenvalue weighted by atomic mass is 16.5. The summed E-state index contributed by atoms with van der Waals surface area (Å²) in [6.07, 6.45) is 6.68. The fourth-order valence-corrected chi connectivity index (χ4v) is 2.26. The first-order valence-electron chi connectivity index (χ1n) is 5.92. The summed E-state index contributed by atoms with van der Waals surface area (Å²) in [6, 6.07) is 0.212. The van der Waals surface area contributed by atoms with Crippen molar-refractivity contribution in [3.63, 3.8) is 0 Å². The van der Waals surface area contributed by atoms with Crippen molar-refractivity contribution < 1.29 is 4.74 Å². The Balaban J connectivity index is 2.16. The Morgan fingerprint density at radius 1 is 1.50 bits per heavy atom. The van der Waals surface area contributed by atoms with Crippen molar-refractivity contribution in [2.75, 3.05) is 13.2 Å². The maximum absolute atomic E-state index is 5.82. The molecule has 1 aliphatic heterocycles. The van der Waals surface area contributed by atoms with Gasteiger partial charge in [0.15, 0.2) is 0 Å². The molecule has 1 aromatic heterocycles. The lowest BCUT2D eigenvalue weighted by atomic mass is 9.94. The molecule has 0 aliphatic carbocycles. The maximum Gasteiger partial charge on any atom is 0.115 e. The molecule has 2 rings (SSSR count). The van der Waals surface area contributed by atoms with Crippen LogP contribution in [0.1, 0.15) is 31.9 Å². The van der Waals surface area contributed by atoms with E-state index in [1.54, 1.807) is 6.33 Å². The number of aromatic nitrogens is 2. The van der Waals surface area contributed by atoms with Gasteiger partial charge in [0.1, 0.15) is 6.33 Å². The van der Waals surface area contributed by atoms with Gasteiger partial charge in [-0.25, -0.2) is 9.97 Å². The van der Waals surface area contributed by atoms with Crippen LogP contribution in [0, 0.1) is 5.92 Å². The molecule has 1 aromatic rings. The summed E-state index contributed by atoms with van der Waals surface area (Å²) in [4.78, 5) is 8.16. The summed E-state index contributed by atoms with van der Waals surface area (Å²) in [5, 5.41) is 3.47. The van der Waals surface area contributed by atoms with E-state index in [2.05, 4.69) is 29.1 Å². The van der Waals surface area contributed by atoms with Crippen LogP contribution >= 0.6 is 0 Å². The molecule has 0 radical (unpaired) electrons. The molecule has 88 valence electrons. The maximum atomic E-state index is 5.82. The zero-order valence-electron chi connectivity index (χ0n) is 9.89. The van der Waals surface area contributed by atoms with Crippen molar-refractivity contribution in [3.8, 4) is 0 Å². The van der Waals surface area contributed by atoms with Gasteiger partial charge in [-0.1, -0.05) is 13.8 Å². The summed E-state index contributed by atoms with van der Waals surface area (Å²) in [6.45, 7) is 6.13. The molecule has 0 amide bonds. The molecule has 16 heavy (non-hydrogen) atoms. The van der Waals surface area contributed by atoms with E-state index in [0.717, 1.165) is 25.1 Å². The molecule has 4 nitrogen and oxygen atoms in total. The van der Waals surface area contributed by atoms with Gasteiger partial charge in [-0.05, 0) is 18.9 Å². The SMILES string of the molecule is CCNC(c1cncnc1)C1OCCC1C. The van der Waals surface area contributed by atoms with Gasteiger partial charge < -0.3 is 10.1 Å². The van der Waals surface area contributed by atoms with Crippen LogP contribution in [0.2, 0.25) is 0 Å². The van der Waals surface area contributed by atoms with Crippen molar-refractivity contribution in [2.24, 2.45) is 5.92 Å². The number of nitrogens with one attached hydrogen (secondary N) is 1. The largest absolute Gasteiger partial charge is 0.376 e. The minimum Gasteiger partial charge on any atom is -0.376 e. The number of likely N-dealkylation sites (N-methyl/N-ethyl adjacent to an activating group) is 1. The Bertz CT molecular complexity index is 317. The van der Waals surface area contributed by atoms with Crippen molar-refractivity contribution >= 4 is 0 Å². The number of ether oxygens (including phenoxy) is 1. The van der Waals surface area contributed by atoms with Crippen LogP contribution in [0.5, 0.6) is 0 Å². The van der Waals surface area contributed by atoms with Crippen molar-refractivity contribution in [1.82, 2.24) is 15.3 Å². The second kappa shape index (κ2) is 5.37. The molecule has 1 aliphatic rings. The van der Waals surface area contributed by atoms with Crippen LogP contribution in [0.15, 0.2) is 18.7 Å². The molecular weight excluding hydrogens is 202 g/mol. The molecule has 0 spiro atoms. The van der Waals surface area contributed by atoms with Crippen LogP contribution in [0.25, 0.3) is 0 Å². The topological polar surface area (TPSA) is 47.0 Å². The van der Waals surface area contributed by atoms with Gasteiger partial charge >= 0.3 is 0 Å². The Morgan fingerprint density at radius 2 is 2.25 bits per heavy atom. The standard InChI is InChI=1S/C12H19N3O/c1-3-15-11(10-6-13-8-14-7-10)12-9(2)4-5-16-12/h6-9,11-12,15H,3-5H2,1-2H3. The summed E-state index contributed by atoms with van der Waals surface area (Å²) >= 11 is 0. The Labute approximate surface area is 96.4 Å². The summed E-state index contributed by atoms with van der Waals surface area (Å²) in [5.74, 6) is 0.587. The van der Waals surface area contributed by atoms with Crippen LogP contribution in [-0.2, 0) is 4.74 Å². The van der Waals surface area contributed by atoms with E-state index in [1.165, 1.54) is 0 Å². The van der Waals surface area contributed by atoms with E-state index in [4.69, 9.17) is 4.74 Å². The van der Waals surface area contributed by atoms with Crippen LogP contribution < -0.4 is 5.32 Å². The molecule has 4 heteroatoms. The number of hydrogen-bond acceptors (Lipinski definition) is 4. The predicted molar refractivity (Wildman–Crippen MR) is 62.0 cm³/mol. The van der Waals surface area contributed by atoms with Gasteiger partial charge in [0.2, 0.25) is 0 Å². The van der Waals surface area contributed by atoms with E-state index in [9.17, 15) is 0 Å². The molecule has 3 atom stereocenters. The molecule has 1 fully saturated rings. The lowest BCUT2D eigenvalue weighted by molar-refractivity contribution is 0.0610. The van der Waals surface area contributed by atoms with Gasteiger partial charge in [0, 0.05) is 24.6 Å². The average molecular weight is 221 g/mol. The van der Waals surface area contributed by atoms with Gasteiger partial charge in [-0.15, -0.1) is 0 Å². The Hall–Kier alpha value is -1.00. The monoisotopic (exact) mass is 221 g/mol. The number of nitrogens with zero attached hydrogens (tertiary/aromatic N) is 2. The summed E-state index contributed by atoms with van der Waals surface area (Å²) in [5.41, 5.74) is 1.11. The van der Waals surface area contributed by atoms with Crippen LogP contribution in [-0.4, -0.2) is 29.2 Å². The van der Waals surface area contributed by atoms with Gasteiger partial charge in [-0.3, -0.25) is 0 Å². The zero-order valence-corrected chi connectivity index (χ0v) is 9.89.